The maximum absolute atomic E-state index is 11.2. The Morgan fingerprint density at radius 3 is 2.60 bits per heavy atom. The highest BCUT2D eigenvalue weighted by Gasteiger charge is 2.40. The summed E-state index contributed by atoms with van der Waals surface area (Å²) in [6.45, 7) is 0.912. The van der Waals surface area contributed by atoms with Gasteiger partial charge in [-0.05, 0) is 55.5 Å². The molecule has 2 amide bonds. The van der Waals surface area contributed by atoms with E-state index in [1.807, 2.05) is 30.3 Å². The number of rotatable bonds is 5. The lowest BCUT2D eigenvalue weighted by Crippen LogP contribution is -2.51. The molecule has 0 unspecified atom stereocenters. The highest BCUT2D eigenvalue weighted by molar-refractivity contribution is 7.20. The second kappa shape index (κ2) is 8.06. The van der Waals surface area contributed by atoms with Crippen LogP contribution in [-0.4, -0.2) is 34.0 Å². The highest BCUT2D eigenvalue weighted by atomic mass is 35.5. The molecule has 2 aliphatic heterocycles. The van der Waals surface area contributed by atoms with Gasteiger partial charge in [0.15, 0.2) is 0 Å². The van der Waals surface area contributed by atoms with Gasteiger partial charge in [0, 0.05) is 24.7 Å². The summed E-state index contributed by atoms with van der Waals surface area (Å²) >= 11 is 7.69. The van der Waals surface area contributed by atoms with Crippen LogP contribution in [0.25, 0.3) is 10.2 Å². The van der Waals surface area contributed by atoms with Crippen LogP contribution < -0.4 is 15.8 Å². The van der Waals surface area contributed by atoms with Crippen LogP contribution in [0.4, 0.5) is 4.79 Å². The molecular formula is C22H23ClN4O2S. The third kappa shape index (κ3) is 3.97. The van der Waals surface area contributed by atoms with Gasteiger partial charge in [0.2, 0.25) is 0 Å². The van der Waals surface area contributed by atoms with Crippen molar-refractivity contribution in [2.45, 2.75) is 50.4 Å². The van der Waals surface area contributed by atoms with E-state index in [4.69, 9.17) is 22.1 Å². The number of nitrogens with two attached hydrogens (primary N) is 1. The van der Waals surface area contributed by atoms with Crippen LogP contribution in [0.5, 0.6) is 10.9 Å². The van der Waals surface area contributed by atoms with Gasteiger partial charge in [0.1, 0.15) is 11.3 Å². The SMILES string of the molecule is NC(=O)N[C@@H]1C[C@H]2CC[C@@H](C1)N2Cc1ccc(Oc2nc3c(Cl)cccc3s2)cc1. The number of thiazole rings is 1. The number of fused-ring (bicyclic) bond motifs is 3. The third-order valence-corrected chi connectivity index (χ3v) is 7.28. The number of para-hydroxylation sites is 1. The summed E-state index contributed by atoms with van der Waals surface area (Å²) in [6, 6.07) is 14.8. The van der Waals surface area contributed by atoms with E-state index in [9.17, 15) is 4.79 Å². The van der Waals surface area contributed by atoms with Crippen molar-refractivity contribution in [3.63, 3.8) is 0 Å². The predicted molar refractivity (Wildman–Crippen MR) is 119 cm³/mol. The Bertz CT molecular complexity index is 1060. The number of nitrogens with one attached hydrogen (secondary N) is 1. The van der Waals surface area contributed by atoms with Gasteiger partial charge in [-0.2, -0.15) is 0 Å². The molecule has 30 heavy (non-hydrogen) atoms. The fourth-order valence-electron chi connectivity index (χ4n) is 4.76. The first-order chi connectivity index (χ1) is 14.5. The Morgan fingerprint density at radius 2 is 1.93 bits per heavy atom. The Kier molecular flexibility index (Phi) is 5.26. The second-order valence-electron chi connectivity index (χ2n) is 8.05. The number of urea groups is 1. The number of hydrogen-bond donors (Lipinski definition) is 2. The summed E-state index contributed by atoms with van der Waals surface area (Å²) in [7, 11) is 0. The average molecular weight is 443 g/mol. The molecule has 5 rings (SSSR count). The quantitative estimate of drug-likeness (QED) is 0.588. The lowest BCUT2D eigenvalue weighted by molar-refractivity contribution is 0.112. The molecule has 0 saturated carbocycles. The first-order valence-electron chi connectivity index (χ1n) is 10.2. The van der Waals surface area contributed by atoms with E-state index in [0.717, 1.165) is 35.4 Å². The number of carbonyl (C=O) groups excluding carboxylic acids is 1. The minimum absolute atomic E-state index is 0.203. The molecule has 1 aromatic heterocycles. The van der Waals surface area contributed by atoms with Crippen LogP contribution in [0.3, 0.4) is 0 Å². The van der Waals surface area contributed by atoms with Crippen molar-refractivity contribution in [2.75, 3.05) is 0 Å². The number of piperidine rings is 1. The van der Waals surface area contributed by atoms with Crippen LogP contribution >= 0.6 is 22.9 Å². The molecule has 3 atom stereocenters. The van der Waals surface area contributed by atoms with Crippen LogP contribution in [0.15, 0.2) is 42.5 Å². The van der Waals surface area contributed by atoms with Crippen molar-refractivity contribution in [3.8, 4) is 10.9 Å². The lowest BCUT2D eigenvalue weighted by Gasteiger charge is -2.39. The van der Waals surface area contributed by atoms with Crippen LogP contribution in [-0.2, 0) is 6.54 Å². The molecule has 3 N–H and O–H groups in total. The number of ether oxygens (including phenoxy) is 1. The molecule has 8 heteroatoms. The molecule has 0 radical (unpaired) electrons. The minimum atomic E-state index is -0.418. The lowest BCUT2D eigenvalue weighted by atomic mass is 9.96. The maximum Gasteiger partial charge on any atom is 0.312 e. The van der Waals surface area contributed by atoms with Gasteiger partial charge in [-0.15, -0.1) is 0 Å². The van der Waals surface area contributed by atoms with Crippen molar-refractivity contribution in [1.29, 1.82) is 0 Å². The molecule has 6 nitrogen and oxygen atoms in total. The fourth-order valence-corrected chi connectivity index (χ4v) is 5.90. The van der Waals surface area contributed by atoms with Gasteiger partial charge >= 0.3 is 6.03 Å². The zero-order valence-corrected chi connectivity index (χ0v) is 18.0. The minimum Gasteiger partial charge on any atom is -0.431 e. The summed E-state index contributed by atoms with van der Waals surface area (Å²) in [5, 5.41) is 4.12. The maximum atomic E-state index is 11.2. The largest absolute Gasteiger partial charge is 0.431 e. The average Bonchev–Trinajstić information content (AvgIpc) is 3.21. The van der Waals surface area contributed by atoms with Crippen LogP contribution in [0, 0.1) is 0 Å². The molecule has 2 aromatic carbocycles. The smallest absolute Gasteiger partial charge is 0.312 e. The molecule has 0 aliphatic carbocycles. The summed E-state index contributed by atoms with van der Waals surface area (Å²) < 4.78 is 6.96. The van der Waals surface area contributed by atoms with Gasteiger partial charge in [0.05, 0.1) is 9.72 Å². The van der Waals surface area contributed by atoms with Crippen LogP contribution in [0.2, 0.25) is 5.02 Å². The molecule has 156 valence electrons. The highest BCUT2D eigenvalue weighted by Crippen LogP contribution is 2.37. The van der Waals surface area contributed by atoms with E-state index in [1.165, 1.54) is 29.7 Å². The molecule has 2 fully saturated rings. The number of benzene rings is 2. The Balaban J connectivity index is 1.23. The number of primary amides is 1. The number of carbonyl (C=O) groups is 1. The van der Waals surface area contributed by atoms with E-state index >= 15 is 0 Å². The van der Waals surface area contributed by atoms with E-state index in [2.05, 4.69) is 27.3 Å². The number of amides is 2. The van der Waals surface area contributed by atoms with Gasteiger partial charge in [-0.1, -0.05) is 41.1 Å². The molecule has 3 heterocycles. The van der Waals surface area contributed by atoms with Gasteiger partial charge < -0.3 is 15.8 Å². The van der Waals surface area contributed by atoms with Crippen molar-refractivity contribution >= 4 is 39.2 Å². The van der Waals surface area contributed by atoms with Crippen molar-refractivity contribution in [3.05, 3.63) is 53.1 Å². The Hall–Kier alpha value is -2.35. The van der Waals surface area contributed by atoms with Gasteiger partial charge in [-0.25, -0.2) is 9.78 Å². The summed E-state index contributed by atoms with van der Waals surface area (Å²) in [6.07, 6.45) is 4.31. The Morgan fingerprint density at radius 1 is 1.20 bits per heavy atom. The topological polar surface area (TPSA) is 80.5 Å². The number of halogens is 1. The van der Waals surface area contributed by atoms with Gasteiger partial charge in [0.25, 0.3) is 5.19 Å². The van der Waals surface area contributed by atoms with E-state index < -0.39 is 6.03 Å². The molecule has 2 saturated heterocycles. The summed E-state index contributed by atoms with van der Waals surface area (Å²) in [5.41, 5.74) is 7.34. The van der Waals surface area contributed by atoms with E-state index in [-0.39, 0.29) is 6.04 Å². The first-order valence-corrected chi connectivity index (χ1v) is 11.4. The fraction of sp³-hybridized carbons (Fsp3) is 0.364. The molecule has 2 aliphatic rings. The zero-order valence-electron chi connectivity index (χ0n) is 16.4. The van der Waals surface area contributed by atoms with E-state index in [1.54, 1.807) is 0 Å². The monoisotopic (exact) mass is 442 g/mol. The molecule has 0 spiro atoms. The second-order valence-corrected chi connectivity index (χ2v) is 9.45. The number of nitrogens with zero attached hydrogens (tertiary/aromatic N) is 2. The van der Waals surface area contributed by atoms with Crippen molar-refractivity contribution in [2.24, 2.45) is 5.73 Å². The number of aromatic nitrogens is 1. The van der Waals surface area contributed by atoms with Gasteiger partial charge in [-0.3, -0.25) is 4.90 Å². The predicted octanol–water partition coefficient (Wildman–Crippen LogP) is 4.91. The number of hydrogen-bond acceptors (Lipinski definition) is 5. The summed E-state index contributed by atoms with van der Waals surface area (Å²) in [4.78, 5) is 18.3. The summed E-state index contributed by atoms with van der Waals surface area (Å²) in [5.74, 6) is 0.765. The molecule has 3 aromatic rings. The van der Waals surface area contributed by atoms with E-state index in [0.29, 0.717) is 22.3 Å². The van der Waals surface area contributed by atoms with Crippen molar-refractivity contribution in [1.82, 2.24) is 15.2 Å². The molecule has 2 bridgehead atoms. The Labute approximate surface area is 184 Å². The van der Waals surface area contributed by atoms with Crippen LogP contribution in [0.1, 0.15) is 31.2 Å². The normalized spacial score (nSPS) is 23.6. The third-order valence-electron chi connectivity index (χ3n) is 6.07. The first kappa shape index (κ1) is 19.6. The van der Waals surface area contributed by atoms with Crippen molar-refractivity contribution < 1.29 is 9.53 Å². The molecular weight excluding hydrogens is 420 g/mol. The zero-order chi connectivity index (χ0) is 20.7. The standard InChI is InChI=1S/C22H23ClN4O2S/c23-18-2-1-3-19-20(18)26-22(30-19)29-17-8-4-13(5-9-17)12-27-15-6-7-16(27)11-14(10-15)25-21(24)28/h1-5,8-9,14-16H,6-7,10-12H2,(H3,24,25,28)/t14-,15-,16+.